The number of rotatable bonds is 4. The van der Waals surface area contributed by atoms with Gasteiger partial charge in [0.1, 0.15) is 5.56 Å². The van der Waals surface area contributed by atoms with E-state index >= 15 is 0 Å². The highest BCUT2D eigenvalue weighted by molar-refractivity contribution is 5.89. The Labute approximate surface area is 134 Å². The summed E-state index contributed by atoms with van der Waals surface area (Å²) in [5.41, 5.74) is 0.767. The van der Waals surface area contributed by atoms with E-state index in [-0.39, 0.29) is 11.5 Å². The largest absolute Gasteiger partial charge is 0.619 e. The Morgan fingerprint density at radius 1 is 1.09 bits per heavy atom. The molecule has 0 N–H and O–H groups in total. The lowest BCUT2D eigenvalue weighted by Crippen LogP contribution is -2.26. The summed E-state index contributed by atoms with van der Waals surface area (Å²) in [7, 11) is 0. The van der Waals surface area contributed by atoms with Crippen LogP contribution in [0.25, 0.3) is 0 Å². The van der Waals surface area contributed by atoms with E-state index in [1.165, 1.54) is 30.7 Å². The van der Waals surface area contributed by atoms with Gasteiger partial charge in [-0.05, 0) is 32.0 Å². The van der Waals surface area contributed by atoms with Crippen LogP contribution in [0, 0.1) is 5.21 Å². The lowest BCUT2D eigenvalue weighted by molar-refractivity contribution is -0.605. The molecule has 0 radical (unpaired) electrons. The summed E-state index contributed by atoms with van der Waals surface area (Å²) in [6.45, 7) is 4.20. The van der Waals surface area contributed by atoms with Crippen LogP contribution in [0.5, 0.6) is 0 Å². The number of pyridine rings is 2. The van der Waals surface area contributed by atoms with Gasteiger partial charge >= 0.3 is 11.9 Å². The van der Waals surface area contributed by atoms with Gasteiger partial charge in [0.15, 0.2) is 12.4 Å². The summed E-state index contributed by atoms with van der Waals surface area (Å²) in [6, 6.07) is 6.41. The highest BCUT2D eigenvalue weighted by Crippen LogP contribution is 1.98. The fraction of sp³-hybridized carbons (Fsp3) is 0.250. The van der Waals surface area contributed by atoms with Crippen LogP contribution in [0.2, 0.25) is 0 Å². The van der Waals surface area contributed by atoms with Crippen molar-refractivity contribution in [2.45, 2.75) is 13.8 Å². The second kappa shape index (κ2) is 9.88. The van der Waals surface area contributed by atoms with Crippen LogP contribution >= 0.6 is 0 Å². The minimum absolute atomic E-state index is 0.273. The number of carbonyl (C=O) groups excluding carboxylic acids is 2. The Balaban J connectivity index is 0.000000231. The molecule has 0 spiro atoms. The standard InChI is InChI=1S/C8H9NO3.C8H9NO2/c1-2-12-8(10)7-4-3-5-9(11)6-7;1-2-11-8(10)7-4-3-5-9-6-7/h3-6H,2H2,1H3;3-6H,2H2,1H3. The molecule has 0 unspecified atom stereocenters. The third-order valence-electron chi connectivity index (χ3n) is 2.46. The van der Waals surface area contributed by atoms with Crippen LogP contribution < -0.4 is 4.73 Å². The van der Waals surface area contributed by atoms with E-state index in [0.29, 0.717) is 23.5 Å². The molecular formula is C16H18N2O5. The SMILES string of the molecule is CCOC(=O)c1ccc[n+]([O-])c1.CCOC(=O)c1cccnc1. The molecule has 0 aliphatic heterocycles. The average Bonchev–Trinajstić information content (AvgIpc) is 2.57. The van der Waals surface area contributed by atoms with E-state index in [1.807, 2.05) is 0 Å². The monoisotopic (exact) mass is 318 g/mol. The number of esters is 2. The lowest BCUT2D eigenvalue weighted by Gasteiger charge is -2.00. The smallest absolute Gasteiger partial charge is 0.344 e. The molecule has 0 aliphatic carbocycles. The molecule has 0 bridgehead atoms. The molecule has 0 amide bonds. The third kappa shape index (κ3) is 6.56. The molecule has 2 aromatic rings. The molecule has 2 aromatic heterocycles. The molecule has 7 heteroatoms. The maximum Gasteiger partial charge on any atom is 0.344 e. The summed E-state index contributed by atoms with van der Waals surface area (Å²) in [5.74, 6) is -0.789. The molecule has 0 aliphatic rings. The lowest BCUT2D eigenvalue weighted by atomic mass is 10.3. The Kier molecular flexibility index (Phi) is 7.77. The first-order valence-electron chi connectivity index (χ1n) is 7.01. The van der Waals surface area contributed by atoms with Gasteiger partial charge in [0, 0.05) is 18.5 Å². The van der Waals surface area contributed by atoms with Gasteiger partial charge < -0.3 is 14.7 Å². The number of carbonyl (C=O) groups is 2. The second-order valence-electron chi connectivity index (χ2n) is 4.14. The molecule has 0 saturated heterocycles. The first kappa shape index (κ1) is 18.1. The number of nitrogens with zero attached hydrogens (tertiary/aromatic N) is 2. The highest BCUT2D eigenvalue weighted by Gasteiger charge is 2.08. The van der Waals surface area contributed by atoms with Crippen LogP contribution in [0.3, 0.4) is 0 Å². The van der Waals surface area contributed by atoms with Crippen LogP contribution in [-0.2, 0) is 9.47 Å². The van der Waals surface area contributed by atoms with E-state index in [9.17, 15) is 14.8 Å². The number of aromatic nitrogens is 2. The second-order valence-corrected chi connectivity index (χ2v) is 4.14. The van der Waals surface area contributed by atoms with Gasteiger partial charge in [-0.2, -0.15) is 4.73 Å². The zero-order valence-corrected chi connectivity index (χ0v) is 13.0. The first-order chi connectivity index (χ1) is 11.1. The minimum Gasteiger partial charge on any atom is -0.619 e. The van der Waals surface area contributed by atoms with Gasteiger partial charge in [-0.1, -0.05) is 0 Å². The van der Waals surface area contributed by atoms with E-state index in [0.717, 1.165) is 0 Å². The number of ether oxygens (including phenoxy) is 2. The zero-order valence-electron chi connectivity index (χ0n) is 13.0. The van der Waals surface area contributed by atoms with Crippen molar-refractivity contribution in [1.29, 1.82) is 0 Å². The average molecular weight is 318 g/mol. The molecule has 122 valence electrons. The highest BCUT2D eigenvalue weighted by atomic mass is 16.5. The van der Waals surface area contributed by atoms with E-state index in [1.54, 1.807) is 32.2 Å². The summed E-state index contributed by atoms with van der Waals surface area (Å²) < 4.78 is 10.0. The molecule has 2 heterocycles. The molecule has 23 heavy (non-hydrogen) atoms. The maximum absolute atomic E-state index is 11.0. The fourth-order valence-electron chi connectivity index (χ4n) is 1.49. The predicted molar refractivity (Wildman–Crippen MR) is 81.6 cm³/mol. The van der Waals surface area contributed by atoms with Gasteiger partial charge in [-0.25, -0.2) is 9.59 Å². The topological polar surface area (TPSA) is 92.4 Å². The van der Waals surface area contributed by atoms with Crippen molar-refractivity contribution in [1.82, 2.24) is 4.98 Å². The molecular weight excluding hydrogens is 300 g/mol. The third-order valence-corrected chi connectivity index (χ3v) is 2.46. The Morgan fingerprint density at radius 2 is 1.70 bits per heavy atom. The van der Waals surface area contributed by atoms with Crippen molar-refractivity contribution in [3.63, 3.8) is 0 Å². The quantitative estimate of drug-likeness (QED) is 0.484. The van der Waals surface area contributed by atoms with E-state index in [2.05, 4.69) is 4.98 Å². The van der Waals surface area contributed by atoms with Crippen LogP contribution in [0.15, 0.2) is 49.1 Å². The van der Waals surface area contributed by atoms with E-state index < -0.39 is 5.97 Å². The summed E-state index contributed by atoms with van der Waals surface area (Å²) >= 11 is 0. The van der Waals surface area contributed by atoms with Crippen molar-refractivity contribution in [2.75, 3.05) is 13.2 Å². The molecule has 7 nitrogen and oxygen atoms in total. The first-order valence-corrected chi connectivity index (χ1v) is 7.01. The summed E-state index contributed by atoms with van der Waals surface area (Å²) in [5, 5.41) is 10.7. The van der Waals surface area contributed by atoms with Crippen molar-refractivity contribution < 1.29 is 23.8 Å². The molecule has 0 fully saturated rings. The van der Waals surface area contributed by atoms with Crippen LogP contribution in [-0.4, -0.2) is 30.1 Å². The van der Waals surface area contributed by atoms with Crippen LogP contribution in [0.4, 0.5) is 0 Å². The molecule has 0 saturated carbocycles. The Hall–Kier alpha value is -2.96. The molecule has 0 atom stereocenters. The summed E-state index contributed by atoms with van der Waals surface area (Å²) in [6.07, 6.45) is 5.58. The fourth-order valence-corrected chi connectivity index (χ4v) is 1.49. The van der Waals surface area contributed by atoms with Crippen molar-refractivity contribution in [2.24, 2.45) is 0 Å². The van der Waals surface area contributed by atoms with Gasteiger partial charge in [0.25, 0.3) is 0 Å². The minimum atomic E-state index is -0.470. The van der Waals surface area contributed by atoms with Gasteiger partial charge in [-0.15, -0.1) is 0 Å². The van der Waals surface area contributed by atoms with Crippen molar-refractivity contribution >= 4 is 11.9 Å². The predicted octanol–water partition coefficient (Wildman–Crippen LogP) is 1.75. The summed E-state index contributed by atoms with van der Waals surface area (Å²) in [4.78, 5) is 25.8. The maximum atomic E-state index is 11.0. The molecule has 0 aromatic carbocycles. The van der Waals surface area contributed by atoms with Crippen molar-refractivity contribution in [3.05, 3.63) is 65.4 Å². The normalized spacial score (nSPS) is 9.30. The zero-order chi connectivity index (χ0) is 17.1. The van der Waals surface area contributed by atoms with Gasteiger partial charge in [0.05, 0.1) is 18.8 Å². The Bertz CT molecular complexity index is 631. The van der Waals surface area contributed by atoms with E-state index in [4.69, 9.17) is 9.47 Å². The molecule has 2 rings (SSSR count). The van der Waals surface area contributed by atoms with Gasteiger partial charge in [-0.3, -0.25) is 4.98 Å². The number of hydrogen-bond donors (Lipinski definition) is 0. The van der Waals surface area contributed by atoms with Crippen molar-refractivity contribution in [3.8, 4) is 0 Å². The van der Waals surface area contributed by atoms with Crippen LogP contribution in [0.1, 0.15) is 34.6 Å². The Morgan fingerprint density at radius 3 is 2.22 bits per heavy atom. The number of hydrogen-bond acceptors (Lipinski definition) is 6. The van der Waals surface area contributed by atoms with Gasteiger partial charge in [0.2, 0.25) is 0 Å².